The molecule has 180 valence electrons. The quantitative estimate of drug-likeness (QED) is 0.380. The Balaban J connectivity index is 1.85. The molecule has 2 amide bonds. The highest BCUT2D eigenvalue weighted by atomic mass is 35.5. The number of nitrogens with one attached hydrogen (secondary N) is 1. The van der Waals surface area contributed by atoms with Crippen LogP contribution in [-0.4, -0.2) is 39.6 Å². The third-order valence-corrected chi connectivity index (χ3v) is 6.09. The first-order valence-electron chi connectivity index (χ1n) is 10.9. The minimum Gasteiger partial charge on any atom is -0.329 e. The number of hydrogen-bond acceptors (Lipinski definition) is 3. The molecule has 3 rings (SSSR count). The van der Waals surface area contributed by atoms with Gasteiger partial charge in [-0.2, -0.15) is 5.10 Å². The number of hydrogen-bond donors (Lipinski definition) is 1. The van der Waals surface area contributed by atoms with Crippen LogP contribution < -0.4 is 5.32 Å². The van der Waals surface area contributed by atoms with E-state index >= 15 is 0 Å². The summed E-state index contributed by atoms with van der Waals surface area (Å²) in [6, 6.07) is 13.7. The molecule has 34 heavy (non-hydrogen) atoms. The lowest BCUT2D eigenvalue weighted by Crippen LogP contribution is -2.38. The maximum absolute atomic E-state index is 13.1. The number of rotatable bonds is 7. The Hall–Kier alpha value is -2.54. The first-order chi connectivity index (χ1) is 16.0. The Morgan fingerprint density at radius 1 is 1.00 bits per heavy atom. The van der Waals surface area contributed by atoms with E-state index in [0.717, 1.165) is 11.4 Å². The number of carbonyl (C=O) groups is 2. The van der Waals surface area contributed by atoms with Gasteiger partial charge in [0.05, 0.1) is 21.4 Å². The molecule has 6 nitrogen and oxygen atoms in total. The standard InChI is InChI=1S/C25H27Cl3N4O2/c1-5-12-31(24(34)16-6-11-19(27)20(28)13-16)15-23(33)29-22-14-21(25(2,3)4)30-32(22)18-9-7-17(26)8-10-18/h6-11,13-14H,5,12,15H2,1-4H3,(H,29,33). The molecular formula is C25H27Cl3N4O2. The maximum Gasteiger partial charge on any atom is 0.254 e. The van der Waals surface area contributed by atoms with Crippen molar-refractivity contribution < 1.29 is 9.59 Å². The summed E-state index contributed by atoms with van der Waals surface area (Å²) in [7, 11) is 0. The van der Waals surface area contributed by atoms with Crippen LogP contribution in [0.2, 0.25) is 15.1 Å². The zero-order valence-corrected chi connectivity index (χ0v) is 21.8. The Kier molecular flexibility index (Phi) is 8.29. The van der Waals surface area contributed by atoms with Gasteiger partial charge in [0.1, 0.15) is 12.4 Å². The highest BCUT2D eigenvalue weighted by Crippen LogP contribution is 2.27. The van der Waals surface area contributed by atoms with Gasteiger partial charge in [0.25, 0.3) is 5.91 Å². The summed E-state index contributed by atoms with van der Waals surface area (Å²) in [4.78, 5) is 27.6. The smallest absolute Gasteiger partial charge is 0.254 e. The van der Waals surface area contributed by atoms with Gasteiger partial charge in [0, 0.05) is 28.6 Å². The van der Waals surface area contributed by atoms with E-state index in [2.05, 4.69) is 5.32 Å². The Labute approximate surface area is 214 Å². The molecule has 9 heteroatoms. The number of benzene rings is 2. The van der Waals surface area contributed by atoms with E-state index in [9.17, 15) is 9.59 Å². The van der Waals surface area contributed by atoms with E-state index in [0.29, 0.717) is 34.4 Å². The lowest BCUT2D eigenvalue weighted by molar-refractivity contribution is -0.116. The minimum atomic E-state index is -0.336. The van der Waals surface area contributed by atoms with Crippen molar-refractivity contribution in [1.82, 2.24) is 14.7 Å². The topological polar surface area (TPSA) is 67.2 Å². The van der Waals surface area contributed by atoms with Crippen LogP contribution in [0.15, 0.2) is 48.5 Å². The molecule has 1 heterocycles. The Morgan fingerprint density at radius 2 is 1.68 bits per heavy atom. The van der Waals surface area contributed by atoms with Crippen LogP contribution in [0, 0.1) is 0 Å². The molecule has 0 fully saturated rings. The number of anilines is 1. The molecule has 0 atom stereocenters. The first kappa shape index (κ1) is 26.1. The highest BCUT2D eigenvalue weighted by molar-refractivity contribution is 6.42. The SMILES string of the molecule is CCCN(CC(=O)Nc1cc(C(C)(C)C)nn1-c1ccc(Cl)cc1)C(=O)c1ccc(Cl)c(Cl)c1. The van der Waals surface area contributed by atoms with Crippen LogP contribution in [-0.2, 0) is 10.2 Å². The van der Waals surface area contributed by atoms with Gasteiger partial charge < -0.3 is 10.2 Å². The van der Waals surface area contributed by atoms with Crippen molar-refractivity contribution in [2.24, 2.45) is 0 Å². The average Bonchev–Trinajstić information content (AvgIpc) is 3.19. The molecule has 0 saturated heterocycles. The number of nitrogens with zero attached hydrogens (tertiary/aromatic N) is 3. The Bertz CT molecular complexity index is 1180. The molecule has 0 saturated carbocycles. The van der Waals surface area contributed by atoms with Crippen LogP contribution in [0.3, 0.4) is 0 Å². The van der Waals surface area contributed by atoms with Crippen LogP contribution >= 0.6 is 34.8 Å². The van der Waals surface area contributed by atoms with Crippen LogP contribution in [0.4, 0.5) is 5.82 Å². The fourth-order valence-corrected chi connectivity index (χ4v) is 3.73. The summed E-state index contributed by atoms with van der Waals surface area (Å²) in [5.74, 6) is -0.120. The van der Waals surface area contributed by atoms with Crippen LogP contribution in [0.5, 0.6) is 0 Å². The predicted octanol–water partition coefficient (Wildman–Crippen LogP) is 6.62. The molecular weight excluding hydrogens is 495 g/mol. The fourth-order valence-electron chi connectivity index (χ4n) is 3.31. The third kappa shape index (κ3) is 6.32. The van der Waals surface area contributed by atoms with E-state index in [1.807, 2.05) is 45.9 Å². The van der Waals surface area contributed by atoms with Crippen molar-refractivity contribution in [3.8, 4) is 5.69 Å². The zero-order valence-electron chi connectivity index (χ0n) is 19.5. The molecule has 0 aliphatic heterocycles. The molecule has 0 unspecified atom stereocenters. The zero-order chi connectivity index (χ0) is 25.0. The number of amides is 2. The van der Waals surface area contributed by atoms with Gasteiger partial charge >= 0.3 is 0 Å². The number of aromatic nitrogens is 2. The van der Waals surface area contributed by atoms with Crippen molar-refractivity contribution in [1.29, 1.82) is 0 Å². The summed E-state index contributed by atoms with van der Waals surface area (Å²) in [5.41, 5.74) is 1.72. The van der Waals surface area contributed by atoms with E-state index in [1.54, 1.807) is 28.9 Å². The highest BCUT2D eigenvalue weighted by Gasteiger charge is 2.23. The molecule has 0 radical (unpaired) electrons. The van der Waals surface area contributed by atoms with Gasteiger partial charge in [-0.05, 0) is 48.9 Å². The number of halogens is 3. The third-order valence-electron chi connectivity index (χ3n) is 5.10. The van der Waals surface area contributed by atoms with E-state index in [-0.39, 0.29) is 28.8 Å². The van der Waals surface area contributed by atoms with E-state index in [1.165, 1.54) is 11.0 Å². The second-order valence-corrected chi connectivity index (χ2v) is 10.2. The lowest BCUT2D eigenvalue weighted by Gasteiger charge is -2.22. The molecule has 1 aromatic heterocycles. The van der Waals surface area contributed by atoms with E-state index < -0.39 is 0 Å². The molecule has 0 spiro atoms. The summed E-state index contributed by atoms with van der Waals surface area (Å²) in [6.07, 6.45) is 0.692. The van der Waals surface area contributed by atoms with Gasteiger partial charge in [-0.1, -0.05) is 62.5 Å². The summed E-state index contributed by atoms with van der Waals surface area (Å²) < 4.78 is 1.67. The van der Waals surface area contributed by atoms with Gasteiger partial charge in [0.15, 0.2) is 0 Å². The van der Waals surface area contributed by atoms with Gasteiger partial charge in [-0.3, -0.25) is 9.59 Å². The summed E-state index contributed by atoms with van der Waals surface area (Å²) in [6.45, 7) is 8.38. The monoisotopic (exact) mass is 520 g/mol. The minimum absolute atomic E-state index is 0.121. The largest absolute Gasteiger partial charge is 0.329 e. The van der Waals surface area contributed by atoms with Crippen LogP contribution in [0.25, 0.3) is 5.69 Å². The van der Waals surface area contributed by atoms with Crippen LogP contribution in [0.1, 0.15) is 50.2 Å². The van der Waals surface area contributed by atoms with Gasteiger partial charge in [-0.25, -0.2) is 4.68 Å². The molecule has 0 bridgehead atoms. The Morgan fingerprint density at radius 3 is 2.26 bits per heavy atom. The van der Waals surface area contributed by atoms with Crippen molar-refractivity contribution in [2.75, 3.05) is 18.4 Å². The lowest BCUT2D eigenvalue weighted by atomic mass is 9.92. The predicted molar refractivity (Wildman–Crippen MR) is 139 cm³/mol. The van der Waals surface area contributed by atoms with E-state index in [4.69, 9.17) is 39.9 Å². The maximum atomic E-state index is 13.1. The molecule has 2 aromatic carbocycles. The average molecular weight is 522 g/mol. The normalized spacial score (nSPS) is 11.4. The second kappa shape index (κ2) is 10.8. The first-order valence-corrected chi connectivity index (χ1v) is 12.0. The van der Waals surface area contributed by atoms with Crippen molar-refractivity contribution in [3.63, 3.8) is 0 Å². The van der Waals surface area contributed by atoms with Crippen molar-refractivity contribution in [2.45, 2.75) is 39.5 Å². The second-order valence-electron chi connectivity index (χ2n) is 8.96. The fraction of sp³-hybridized carbons (Fsp3) is 0.320. The van der Waals surface area contributed by atoms with Crippen molar-refractivity contribution >= 4 is 52.4 Å². The molecule has 0 aliphatic rings. The van der Waals surface area contributed by atoms with Gasteiger partial charge in [-0.15, -0.1) is 0 Å². The van der Waals surface area contributed by atoms with Gasteiger partial charge in [0.2, 0.25) is 5.91 Å². The van der Waals surface area contributed by atoms with Crippen molar-refractivity contribution in [3.05, 3.63) is 74.9 Å². The number of carbonyl (C=O) groups excluding carboxylic acids is 2. The molecule has 0 aliphatic carbocycles. The summed E-state index contributed by atoms with van der Waals surface area (Å²) >= 11 is 18.1. The summed E-state index contributed by atoms with van der Waals surface area (Å²) in [5, 5.41) is 8.88. The molecule has 3 aromatic rings. The molecule has 1 N–H and O–H groups in total.